The van der Waals surface area contributed by atoms with Gasteiger partial charge in [0, 0.05) is 24.0 Å². The largest absolute Gasteiger partial charge is 0.508 e. The molecule has 2 aromatic carbocycles. The van der Waals surface area contributed by atoms with E-state index in [1.54, 1.807) is 36.4 Å². The number of phenolic OH excluding ortho intramolecular Hbond substituents is 2. The van der Waals surface area contributed by atoms with E-state index in [4.69, 9.17) is 9.97 Å². The first-order valence-corrected chi connectivity index (χ1v) is 8.32. The molecule has 0 saturated heterocycles. The highest BCUT2D eigenvalue weighted by atomic mass is 16.3. The van der Waals surface area contributed by atoms with Crippen LogP contribution in [-0.2, 0) is 12.8 Å². The Morgan fingerprint density at radius 2 is 1.00 bits per heavy atom. The first kappa shape index (κ1) is 17.4. The zero-order valence-electron chi connectivity index (χ0n) is 14.4. The van der Waals surface area contributed by atoms with Gasteiger partial charge in [0.25, 0.3) is 0 Å². The van der Waals surface area contributed by atoms with Crippen LogP contribution in [0, 0.1) is 0 Å². The van der Waals surface area contributed by atoms with Gasteiger partial charge in [0.05, 0.1) is 22.8 Å². The van der Waals surface area contributed by atoms with Crippen molar-refractivity contribution in [2.45, 2.75) is 12.8 Å². The highest BCUT2D eigenvalue weighted by Crippen LogP contribution is 2.29. The lowest BCUT2D eigenvalue weighted by molar-refractivity contribution is 0.475. The molecule has 0 atom stereocenters. The molecule has 2 N–H and O–H groups in total. The van der Waals surface area contributed by atoms with Crippen LogP contribution in [0.3, 0.4) is 0 Å². The minimum absolute atomic E-state index is 0.207. The highest BCUT2D eigenvalue weighted by Gasteiger charge is 2.15. The number of allylic oxidation sites excluding steroid dienone is 2. The summed E-state index contributed by atoms with van der Waals surface area (Å²) in [5.41, 5.74) is 4.92. The minimum atomic E-state index is 0.207. The highest BCUT2D eigenvalue weighted by molar-refractivity contribution is 5.69. The molecule has 0 radical (unpaired) electrons. The molecule has 0 aliphatic heterocycles. The summed E-state index contributed by atoms with van der Waals surface area (Å²) in [5.74, 6) is 0.415. The van der Waals surface area contributed by atoms with E-state index in [-0.39, 0.29) is 11.5 Å². The summed E-state index contributed by atoms with van der Waals surface area (Å²) in [4.78, 5) is 9.71. The Kier molecular flexibility index (Phi) is 5.13. The molecule has 0 fully saturated rings. The van der Waals surface area contributed by atoms with E-state index in [0.29, 0.717) is 12.8 Å². The number of benzene rings is 2. The van der Waals surface area contributed by atoms with Crippen molar-refractivity contribution in [3.63, 3.8) is 0 Å². The molecule has 3 aromatic rings. The van der Waals surface area contributed by atoms with Crippen molar-refractivity contribution in [3.05, 3.63) is 85.2 Å². The molecule has 0 amide bonds. The first-order valence-electron chi connectivity index (χ1n) is 8.32. The van der Waals surface area contributed by atoms with Gasteiger partial charge in [0.15, 0.2) is 0 Å². The molecule has 1 aromatic heterocycles. The third-order valence-corrected chi connectivity index (χ3v) is 4.00. The zero-order chi connectivity index (χ0) is 18.5. The first-order chi connectivity index (χ1) is 12.6. The van der Waals surface area contributed by atoms with Crippen LogP contribution in [-0.4, -0.2) is 20.2 Å². The summed E-state index contributed by atoms with van der Waals surface area (Å²) in [6.45, 7) is 7.64. The van der Waals surface area contributed by atoms with Crippen LogP contribution in [0.5, 0.6) is 11.5 Å². The fourth-order valence-electron chi connectivity index (χ4n) is 2.76. The fourth-order valence-corrected chi connectivity index (χ4v) is 2.76. The Morgan fingerprint density at radius 3 is 1.31 bits per heavy atom. The molecule has 3 rings (SSSR count). The normalized spacial score (nSPS) is 10.5. The van der Waals surface area contributed by atoms with Gasteiger partial charge in [-0.1, -0.05) is 12.2 Å². The Morgan fingerprint density at radius 1 is 0.654 bits per heavy atom. The van der Waals surface area contributed by atoms with Crippen molar-refractivity contribution in [3.8, 4) is 34.0 Å². The number of nitrogens with zero attached hydrogens (tertiary/aromatic N) is 2. The van der Waals surface area contributed by atoms with Crippen molar-refractivity contribution in [1.82, 2.24) is 9.97 Å². The molecule has 1 heterocycles. The van der Waals surface area contributed by atoms with Gasteiger partial charge in [-0.2, -0.15) is 0 Å². The summed E-state index contributed by atoms with van der Waals surface area (Å²) < 4.78 is 0. The van der Waals surface area contributed by atoms with Gasteiger partial charge in [-0.15, -0.1) is 13.2 Å². The number of phenols is 2. The summed E-state index contributed by atoms with van der Waals surface area (Å²) in [6, 6.07) is 13.8. The molecule has 0 aliphatic carbocycles. The van der Waals surface area contributed by atoms with Crippen molar-refractivity contribution in [2.75, 3.05) is 0 Å². The summed E-state index contributed by atoms with van der Waals surface area (Å²) in [6.07, 6.45) is 4.73. The van der Waals surface area contributed by atoms with Gasteiger partial charge in [-0.3, -0.25) is 0 Å². The van der Waals surface area contributed by atoms with Crippen molar-refractivity contribution < 1.29 is 10.2 Å². The molecule has 4 nitrogen and oxygen atoms in total. The van der Waals surface area contributed by atoms with Crippen molar-refractivity contribution in [1.29, 1.82) is 0 Å². The van der Waals surface area contributed by atoms with Gasteiger partial charge >= 0.3 is 0 Å². The molecule has 0 unspecified atom stereocenters. The fraction of sp³-hybridized carbons (Fsp3) is 0.0909. The topological polar surface area (TPSA) is 66.2 Å². The predicted octanol–water partition coefficient (Wildman–Crippen LogP) is 4.68. The number of rotatable bonds is 6. The molecule has 0 saturated carbocycles. The standard InChI is InChI=1S/C22H20N2O2/c1-3-5-19-21(15-7-11-17(25)12-8-15)24-20(6-4-2)22(23-19)16-9-13-18(26)14-10-16/h3-4,7-14,25-26H,1-2,5-6H2. The molecule has 0 aliphatic rings. The maximum Gasteiger partial charge on any atom is 0.115 e. The van der Waals surface area contributed by atoms with Gasteiger partial charge in [0.1, 0.15) is 11.5 Å². The van der Waals surface area contributed by atoms with Crippen molar-refractivity contribution in [2.24, 2.45) is 0 Å². The molecule has 26 heavy (non-hydrogen) atoms. The number of aromatic hydroxyl groups is 2. The van der Waals surface area contributed by atoms with Gasteiger partial charge < -0.3 is 10.2 Å². The summed E-state index contributed by atoms with van der Waals surface area (Å²) in [7, 11) is 0. The van der Waals surface area contributed by atoms with Gasteiger partial charge in [-0.05, 0) is 48.5 Å². The van der Waals surface area contributed by atoms with E-state index in [2.05, 4.69) is 13.2 Å². The minimum Gasteiger partial charge on any atom is -0.508 e. The van der Waals surface area contributed by atoms with Crippen LogP contribution >= 0.6 is 0 Å². The lowest BCUT2D eigenvalue weighted by Gasteiger charge is -2.14. The van der Waals surface area contributed by atoms with E-state index in [0.717, 1.165) is 33.9 Å². The number of hydrogen-bond donors (Lipinski definition) is 2. The number of hydrogen-bond acceptors (Lipinski definition) is 4. The van der Waals surface area contributed by atoms with E-state index in [1.165, 1.54) is 0 Å². The molecular weight excluding hydrogens is 324 g/mol. The third kappa shape index (κ3) is 3.64. The molecule has 0 spiro atoms. The average Bonchev–Trinajstić information content (AvgIpc) is 2.64. The van der Waals surface area contributed by atoms with Crippen LogP contribution in [0.4, 0.5) is 0 Å². The Bertz CT molecular complexity index is 850. The van der Waals surface area contributed by atoms with E-state index >= 15 is 0 Å². The van der Waals surface area contributed by atoms with E-state index < -0.39 is 0 Å². The molecule has 4 heteroatoms. The third-order valence-electron chi connectivity index (χ3n) is 4.00. The van der Waals surface area contributed by atoms with Crippen LogP contribution in [0.25, 0.3) is 22.5 Å². The Hall–Kier alpha value is -3.40. The SMILES string of the molecule is C=CCc1nc(-c2ccc(O)cc2)c(CC=C)nc1-c1ccc(O)cc1. The van der Waals surface area contributed by atoms with Crippen LogP contribution in [0.1, 0.15) is 11.4 Å². The van der Waals surface area contributed by atoms with Gasteiger partial charge in [-0.25, -0.2) is 9.97 Å². The van der Waals surface area contributed by atoms with Crippen LogP contribution in [0.15, 0.2) is 73.8 Å². The Labute approximate surface area is 152 Å². The lowest BCUT2D eigenvalue weighted by atomic mass is 10.0. The molecule has 130 valence electrons. The summed E-state index contributed by atoms with van der Waals surface area (Å²) >= 11 is 0. The van der Waals surface area contributed by atoms with Crippen molar-refractivity contribution >= 4 is 0 Å². The maximum absolute atomic E-state index is 9.54. The van der Waals surface area contributed by atoms with Gasteiger partial charge in [0.2, 0.25) is 0 Å². The average molecular weight is 344 g/mol. The predicted molar refractivity (Wildman–Crippen MR) is 104 cm³/mol. The molecular formula is C22H20N2O2. The van der Waals surface area contributed by atoms with E-state index in [1.807, 2.05) is 24.3 Å². The van der Waals surface area contributed by atoms with E-state index in [9.17, 15) is 10.2 Å². The maximum atomic E-state index is 9.54. The second-order valence-corrected chi connectivity index (χ2v) is 5.89. The Balaban J connectivity index is 2.20. The smallest absolute Gasteiger partial charge is 0.115 e. The monoisotopic (exact) mass is 344 g/mol. The lowest BCUT2D eigenvalue weighted by Crippen LogP contribution is -2.04. The van der Waals surface area contributed by atoms with Crippen LogP contribution < -0.4 is 0 Å². The molecule has 0 bridgehead atoms. The second-order valence-electron chi connectivity index (χ2n) is 5.89. The second kappa shape index (κ2) is 7.66. The zero-order valence-corrected chi connectivity index (χ0v) is 14.4. The van der Waals surface area contributed by atoms with Crippen LogP contribution in [0.2, 0.25) is 0 Å². The quantitative estimate of drug-likeness (QED) is 0.637. The summed E-state index contributed by atoms with van der Waals surface area (Å²) in [5, 5.41) is 19.1. The number of aromatic nitrogens is 2.